The Kier molecular flexibility index (Phi) is 5.18. The van der Waals surface area contributed by atoms with Crippen LogP contribution < -0.4 is 4.74 Å². The minimum atomic E-state index is 0.109. The fourth-order valence-electron chi connectivity index (χ4n) is 4.79. The zero-order chi connectivity index (χ0) is 18.0. The van der Waals surface area contributed by atoms with E-state index in [1.165, 1.54) is 12.0 Å². The smallest absolute Gasteiger partial charge is 0.228 e. The van der Waals surface area contributed by atoms with Gasteiger partial charge < -0.3 is 14.4 Å². The highest BCUT2D eigenvalue weighted by atomic mass is 16.5. The van der Waals surface area contributed by atoms with Gasteiger partial charge in [0, 0.05) is 32.8 Å². The van der Waals surface area contributed by atoms with E-state index in [1.807, 2.05) is 6.07 Å². The minimum Gasteiger partial charge on any atom is -0.497 e. The van der Waals surface area contributed by atoms with E-state index >= 15 is 0 Å². The molecule has 142 valence electrons. The van der Waals surface area contributed by atoms with Gasteiger partial charge in [0.25, 0.3) is 0 Å². The molecule has 0 radical (unpaired) electrons. The summed E-state index contributed by atoms with van der Waals surface area (Å²) in [4.78, 5) is 17.3. The van der Waals surface area contributed by atoms with E-state index in [2.05, 4.69) is 28.0 Å². The van der Waals surface area contributed by atoms with Crippen LogP contribution in [0.4, 0.5) is 0 Å². The molecule has 3 heterocycles. The van der Waals surface area contributed by atoms with Crippen LogP contribution in [-0.2, 0) is 16.1 Å². The quantitative estimate of drug-likeness (QED) is 0.830. The third kappa shape index (κ3) is 3.74. The molecule has 0 aromatic heterocycles. The first kappa shape index (κ1) is 17.8. The number of benzene rings is 1. The average Bonchev–Trinajstić information content (AvgIpc) is 3.33. The summed E-state index contributed by atoms with van der Waals surface area (Å²) >= 11 is 0. The third-order valence-corrected chi connectivity index (χ3v) is 6.47. The largest absolute Gasteiger partial charge is 0.497 e. The highest BCUT2D eigenvalue weighted by Gasteiger charge is 2.42. The molecule has 3 aliphatic rings. The van der Waals surface area contributed by atoms with Gasteiger partial charge in [-0.05, 0) is 55.3 Å². The van der Waals surface area contributed by atoms with Gasteiger partial charge in [-0.15, -0.1) is 0 Å². The van der Waals surface area contributed by atoms with Crippen molar-refractivity contribution in [1.82, 2.24) is 9.80 Å². The summed E-state index contributed by atoms with van der Waals surface area (Å²) in [6, 6.07) is 8.38. The number of ether oxygens (including phenoxy) is 2. The summed E-state index contributed by atoms with van der Waals surface area (Å²) in [5, 5.41) is 0. The van der Waals surface area contributed by atoms with Crippen LogP contribution in [0.1, 0.15) is 31.2 Å². The van der Waals surface area contributed by atoms with Gasteiger partial charge in [-0.1, -0.05) is 12.1 Å². The highest BCUT2D eigenvalue weighted by Crippen LogP contribution is 2.41. The lowest BCUT2D eigenvalue weighted by Gasteiger charge is -2.40. The van der Waals surface area contributed by atoms with Gasteiger partial charge in [0.15, 0.2) is 0 Å². The molecule has 0 saturated carbocycles. The Bertz CT molecular complexity index is 634. The Labute approximate surface area is 156 Å². The summed E-state index contributed by atoms with van der Waals surface area (Å²) in [5.74, 6) is 1.36. The Hall–Kier alpha value is -1.59. The summed E-state index contributed by atoms with van der Waals surface area (Å²) < 4.78 is 10.7. The van der Waals surface area contributed by atoms with Crippen molar-refractivity contribution in [3.8, 4) is 5.75 Å². The number of methoxy groups -OCH3 is 1. The number of piperidine rings is 1. The predicted molar refractivity (Wildman–Crippen MR) is 100 cm³/mol. The zero-order valence-electron chi connectivity index (χ0n) is 15.8. The molecule has 5 heteroatoms. The number of amides is 1. The zero-order valence-corrected chi connectivity index (χ0v) is 15.8. The van der Waals surface area contributed by atoms with E-state index in [0.717, 1.165) is 64.3 Å². The van der Waals surface area contributed by atoms with Gasteiger partial charge in [0.1, 0.15) is 5.75 Å². The van der Waals surface area contributed by atoms with Crippen LogP contribution in [0.25, 0.3) is 0 Å². The molecule has 3 fully saturated rings. The summed E-state index contributed by atoms with van der Waals surface area (Å²) in [6.07, 6.45) is 4.43. The summed E-state index contributed by atoms with van der Waals surface area (Å²) in [6.45, 7) is 6.49. The minimum absolute atomic E-state index is 0.109. The molecule has 1 spiro atoms. The van der Waals surface area contributed by atoms with Crippen molar-refractivity contribution < 1.29 is 14.3 Å². The molecule has 26 heavy (non-hydrogen) atoms. The number of likely N-dealkylation sites (tertiary alicyclic amines) is 2. The van der Waals surface area contributed by atoms with E-state index in [0.29, 0.717) is 17.9 Å². The van der Waals surface area contributed by atoms with Crippen LogP contribution in [-0.4, -0.2) is 62.2 Å². The normalized spacial score (nSPS) is 25.7. The van der Waals surface area contributed by atoms with Crippen LogP contribution >= 0.6 is 0 Å². The van der Waals surface area contributed by atoms with Crippen molar-refractivity contribution in [2.45, 2.75) is 32.2 Å². The Morgan fingerprint density at radius 3 is 2.81 bits per heavy atom. The van der Waals surface area contributed by atoms with Gasteiger partial charge in [-0.2, -0.15) is 0 Å². The molecule has 1 aromatic carbocycles. The molecular formula is C21H30N2O3. The standard InChI is InChI=1S/C21H30N2O3/c1-25-19-4-2-3-17(13-19)14-22-9-6-21(16-22)7-10-23(11-8-21)20(24)18-5-12-26-15-18/h2-4,13,18H,5-12,14-16H2,1H3/t18-/m1/s1. The Morgan fingerprint density at radius 2 is 2.08 bits per heavy atom. The van der Waals surface area contributed by atoms with Gasteiger partial charge in [0.05, 0.1) is 19.6 Å². The van der Waals surface area contributed by atoms with E-state index in [-0.39, 0.29) is 5.92 Å². The topological polar surface area (TPSA) is 42.0 Å². The van der Waals surface area contributed by atoms with Crippen LogP contribution in [0.2, 0.25) is 0 Å². The van der Waals surface area contributed by atoms with Crippen molar-refractivity contribution in [2.24, 2.45) is 11.3 Å². The molecule has 4 rings (SSSR count). The van der Waals surface area contributed by atoms with E-state index in [4.69, 9.17) is 9.47 Å². The number of carbonyl (C=O) groups excluding carboxylic acids is 1. The Balaban J connectivity index is 1.30. The SMILES string of the molecule is COc1cccc(CN2CCC3(CCN(C(=O)[C@@H]4CCOC4)CC3)C2)c1. The second-order valence-electron chi connectivity index (χ2n) is 8.20. The average molecular weight is 358 g/mol. The number of nitrogens with zero attached hydrogens (tertiary/aromatic N) is 2. The molecule has 1 atom stereocenters. The van der Waals surface area contributed by atoms with Crippen LogP contribution in [0.5, 0.6) is 5.75 Å². The lowest BCUT2D eigenvalue weighted by Crippen LogP contribution is -2.46. The second-order valence-corrected chi connectivity index (χ2v) is 8.20. The van der Waals surface area contributed by atoms with Crippen LogP contribution in [0.3, 0.4) is 0 Å². The molecule has 0 N–H and O–H groups in total. The monoisotopic (exact) mass is 358 g/mol. The van der Waals surface area contributed by atoms with Crippen LogP contribution in [0.15, 0.2) is 24.3 Å². The molecule has 3 aliphatic heterocycles. The van der Waals surface area contributed by atoms with E-state index in [9.17, 15) is 4.79 Å². The van der Waals surface area contributed by atoms with Gasteiger partial charge >= 0.3 is 0 Å². The van der Waals surface area contributed by atoms with Crippen molar-refractivity contribution >= 4 is 5.91 Å². The van der Waals surface area contributed by atoms with Gasteiger partial charge in [0.2, 0.25) is 5.91 Å². The lowest BCUT2D eigenvalue weighted by atomic mass is 9.77. The maximum atomic E-state index is 12.6. The third-order valence-electron chi connectivity index (χ3n) is 6.47. The van der Waals surface area contributed by atoms with Crippen molar-refractivity contribution in [3.05, 3.63) is 29.8 Å². The molecule has 5 nitrogen and oxygen atoms in total. The molecule has 1 amide bonds. The maximum Gasteiger partial charge on any atom is 0.228 e. The van der Waals surface area contributed by atoms with Crippen molar-refractivity contribution in [2.75, 3.05) is 46.5 Å². The molecule has 1 aromatic rings. The maximum absolute atomic E-state index is 12.6. The van der Waals surface area contributed by atoms with E-state index in [1.54, 1.807) is 7.11 Å². The van der Waals surface area contributed by atoms with Crippen molar-refractivity contribution in [1.29, 1.82) is 0 Å². The number of hydrogen-bond acceptors (Lipinski definition) is 4. The highest BCUT2D eigenvalue weighted by molar-refractivity contribution is 5.79. The molecule has 0 aliphatic carbocycles. The molecular weight excluding hydrogens is 328 g/mol. The van der Waals surface area contributed by atoms with Crippen molar-refractivity contribution in [3.63, 3.8) is 0 Å². The first-order valence-corrected chi connectivity index (χ1v) is 9.89. The number of carbonyl (C=O) groups is 1. The summed E-state index contributed by atoms with van der Waals surface area (Å²) in [7, 11) is 1.72. The fourth-order valence-corrected chi connectivity index (χ4v) is 4.79. The van der Waals surface area contributed by atoms with Gasteiger partial charge in [-0.3, -0.25) is 9.69 Å². The fraction of sp³-hybridized carbons (Fsp3) is 0.667. The first-order chi connectivity index (χ1) is 12.7. The Morgan fingerprint density at radius 1 is 1.27 bits per heavy atom. The molecule has 3 saturated heterocycles. The number of rotatable bonds is 4. The predicted octanol–water partition coefficient (Wildman–Crippen LogP) is 2.55. The lowest BCUT2D eigenvalue weighted by molar-refractivity contribution is -0.137. The first-order valence-electron chi connectivity index (χ1n) is 9.89. The summed E-state index contributed by atoms with van der Waals surface area (Å²) in [5.41, 5.74) is 1.72. The number of hydrogen-bond donors (Lipinski definition) is 0. The molecule has 0 unspecified atom stereocenters. The van der Waals surface area contributed by atoms with Crippen LogP contribution in [0, 0.1) is 11.3 Å². The second kappa shape index (κ2) is 7.57. The van der Waals surface area contributed by atoms with Gasteiger partial charge in [-0.25, -0.2) is 0 Å². The van der Waals surface area contributed by atoms with E-state index < -0.39 is 0 Å². The molecule has 0 bridgehead atoms.